The molecule has 1 atom stereocenters. The van der Waals surface area contributed by atoms with Gasteiger partial charge in [-0.15, -0.1) is 0 Å². The third kappa shape index (κ3) is 5.29. The van der Waals surface area contributed by atoms with Gasteiger partial charge in [-0.3, -0.25) is 4.90 Å². The van der Waals surface area contributed by atoms with Gasteiger partial charge in [0.25, 0.3) is 0 Å². The molecule has 2 aromatic rings. The van der Waals surface area contributed by atoms with E-state index >= 15 is 0 Å². The molecule has 1 fully saturated rings. The predicted molar refractivity (Wildman–Crippen MR) is 125 cm³/mol. The van der Waals surface area contributed by atoms with Gasteiger partial charge in [-0.2, -0.15) is 0 Å². The van der Waals surface area contributed by atoms with Crippen LogP contribution in [0.2, 0.25) is 5.02 Å². The molecule has 2 aromatic carbocycles. The zero-order valence-electron chi connectivity index (χ0n) is 18.3. The summed E-state index contributed by atoms with van der Waals surface area (Å²) >= 11 is 6.16. The van der Waals surface area contributed by atoms with Gasteiger partial charge < -0.3 is 20.3 Å². The van der Waals surface area contributed by atoms with Crippen molar-refractivity contribution in [3.8, 4) is 0 Å². The van der Waals surface area contributed by atoms with E-state index in [1.165, 1.54) is 6.07 Å². The summed E-state index contributed by atoms with van der Waals surface area (Å²) in [5.41, 5.74) is 2.14. The number of benzene rings is 2. The second-order valence-corrected chi connectivity index (χ2v) is 8.35. The molecule has 0 bridgehead atoms. The maximum Gasteiger partial charge on any atom is 0.338 e. The minimum Gasteiger partial charge on any atom is -0.463 e. The summed E-state index contributed by atoms with van der Waals surface area (Å²) < 4.78 is 19.5. The van der Waals surface area contributed by atoms with Crippen molar-refractivity contribution in [1.82, 2.24) is 15.5 Å². The largest absolute Gasteiger partial charge is 0.463 e. The number of anilines is 1. The van der Waals surface area contributed by atoms with Gasteiger partial charge in [0.2, 0.25) is 0 Å². The summed E-state index contributed by atoms with van der Waals surface area (Å²) in [5.74, 6) is -0.733. The molecule has 2 aliphatic rings. The standard InChI is InChI=1S/C24H26ClFN4O3/c1-2-33-23(31)21-19(27-24(32)28-22(21)16-6-5-7-17(25)14-16)15-29-10-12-30(13-11-29)20-9-4-3-8-18(20)26/h3-9,14,22H,2,10-13,15H2,1H3,(H2,27,28,32). The van der Waals surface area contributed by atoms with Crippen LogP contribution in [-0.2, 0) is 9.53 Å². The first-order valence-corrected chi connectivity index (χ1v) is 11.3. The molecule has 2 N–H and O–H groups in total. The summed E-state index contributed by atoms with van der Waals surface area (Å²) in [6.45, 7) is 4.89. The number of rotatable bonds is 6. The van der Waals surface area contributed by atoms with Gasteiger partial charge in [-0.25, -0.2) is 14.0 Å². The molecule has 0 spiro atoms. The molecule has 9 heteroatoms. The maximum atomic E-state index is 14.2. The molecule has 0 saturated carbocycles. The monoisotopic (exact) mass is 472 g/mol. The predicted octanol–water partition coefficient (Wildman–Crippen LogP) is 3.47. The fraction of sp³-hybridized carbons (Fsp3) is 0.333. The number of hydrogen-bond acceptors (Lipinski definition) is 5. The molecule has 1 unspecified atom stereocenters. The summed E-state index contributed by atoms with van der Waals surface area (Å²) in [6.07, 6.45) is 0. The van der Waals surface area contributed by atoms with Crippen LogP contribution in [0.15, 0.2) is 59.8 Å². The van der Waals surface area contributed by atoms with Crippen molar-refractivity contribution in [2.24, 2.45) is 0 Å². The summed E-state index contributed by atoms with van der Waals surface area (Å²) in [6, 6.07) is 12.7. The Hall–Kier alpha value is -3.10. The van der Waals surface area contributed by atoms with Gasteiger partial charge in [0.05, 0.1) is 23.9 Å². The zero-order valence-corrected chi connectivity index (χ0v) is 19.1. The number of nitrogens with one attached hydrogen (secondary N) is 2. The van der Waals surface area contributed by atoms with E-state index in [-0.39, 0.29) is 12.4 Å². The van der Waals surface area contributed by atoms with Gasteiger partial charge in [-0.1, -0.05) is 35.9 Å². The minimum atomic E-state index is -0.675. The van der Waals surface area contributed by atoms with Crippen molar-refractivity contribution in [1.29, 1.82) is 0 Å². The molecule has 0 aromatic heterocycles. The molecule has 2 aliphatic heterocycles. The van der Waals surface area contributed by atoms with E-state index in [9.17, 15) is 14.0 Å². The lowest BCUT2D eigenvalue weighted by molar-refractivity contribution is -0.139. The molecule has 4 rings (SSSR count). The Morgan fingerprint density at radius 2 is 1.91 bits per heavy atom. The van der Waals surface area contributed by atoms with Crippen molar-refractivity contribution >= 4 is 29.3 Å². The van der Waals surface area contributed by atoms with Crippen LogP contribution in [-0.4, -0.2) is 56.2 Å². The summed E-state index contributed by atoms with van der Waals surface area (Å²) in [5, 5.41) is 6.12. The van der Waals surface area contributed by atoms with Crippen molar-refractivity contribution in [3.05, 3.63) is 76.2 Å². The molecular formula is C24H26ClFN4O3. The number of nitrogens with zero attached hydrogens (tertiary/aromatic N) is 2. The second-order valence-electron chi connectivity index (χ2n) is 7.91. The lowest BCUT2D eigenvalue weighted by Gasteiger charge is -2.38. The van der Waals surface area contributed by atoms with Crippen LogP contribution in [0.5, 0.6) is 0 Å². The fourth-order valence-electron chi connectivity index (χ4n) is 4.21. The van der Waals surface area contributed by atoms with E-state index < -0.39 is 18.0 Å². The Morgan fingerprint density at radius 3 is 2.61 bits per heavy atom. The van der Waals surface area contributed by atoms with Gasteiger partial charge in [-0.05, 0) is 36.8 Å². The molecule has 2 heterocycles. The van der Waals surface area contributed by atoms with Crippen molar-refractivity contribution in [2.45, 2.75) is 13.0 Å². The first kappa shape index (κ1) is 23.1. The number of esters is 1. The average Bonchev–Trinajstić information content (AvgIpc) is 2.80. The van der Waals surface area contributed by atoms with Crippen LogP contribution in [0.1, 0.15) is 18.5 Å². The molecule has 174 valence electrons. The highest BCUT2D eigenvalue weighted by Gasteiger charge is 2.35. The number of halogens is 2. The van der Waals surface area contributed by atoms with E-state index in [0.717, 1.165) is 0 Å². The number of carbonyl (C=O) groups excluding carboxylic acids is 2. The van der Waals surface area contributed by atoms with E-state index in [2.05, 4.69) is 15.5 Å². The topological polar surface area (TPSA) is 73.9 Å². The third-order valence-electron chi connectivity index (χ3n) is 5.78. The lowest BCUT2D eigenvalue weighted by atomic mass is 9.95. The van der Waals surface area contributed by atoms with Crippen LogP contribution in [0.4, 0.5) is 14.9 Å². The van der Waals surface area contributed by atoms with Crippen molar-refractivity contribution in [3.63, 3.8) is 0 Å². The van der Waals surface area contributed by atoms with E-state index in [1.807, 2.05) is 17.0 Å². The first-order chi connectivity index (χ1) is 16.0. The zero-order chi connectivity index (χ0) is 23.4. The Balaban J connectivity index is 1.57. The van der Waals surface area contributed by atoms with Crippen LogP contribution in [0.3, 0.4) is 0 Å². The first-order valence-electron chi connectivity index (χ1n) is 10.9. The van der Waals surface area contributed by atoms with Crippen LogP contribution < -0.4 is 15.5 Å². The molecule has 7 nitrogen and oxygen atoms in total. The number of ether oxygens (including phenoxy) is 1. The van der Waals surface area contributed by atoms with Crippen LogP contribution in [0, 0.1) is 5.82 Å². The SMILES string of the molecule is CCOC(=O)C1=C(CN2CCN(c3ccccc3F)CC2)NC(=O)NC1c1cccc(Cl)c1. The number of amides is 2. The Bertz CT molecular complexity index is 1070. The molecule has 2 amide bonds. The Kier molecular flexibility index (Phi) is 7.15. The molecule has 0 radical (unpaired) electrons. The van der Waals surface area contributed by atoms with Gasteiger partial charge in [0, 0.05) is 43.4 Å². The fourth-order valence-corrected chi connectivity index (χ4v) is 4.41. The molecule has 33 heavy (non-hydrogen) atoms. The van der Waals surface area contributed by atoms with Gasteiger partial charge in [0.15, 0.2) is 0 Å². The lowest BCUT2D eigenvalue weighted by Crippen LogP contribution is -2.52. The number of urea groups is 1. The number of para-hydroxylation sites is 1. The summed E-state index contributed by atoms with van der Waals surface area (Å²) in [4.78, 5) is 29.5. The molecular weight excluding hydrogens is 447 g/mol. The van der Waals surface area contributed by atoms with E-state index in [4.69, 9.17) is 16.3 Å². The second kappa shape index (κ2) is 10.2. The number of piperazine rings is 1. The molecule has 1 saturated heterocycles. The average molecular weight is 473 g/mol. The Morgan fingerprint density at radius 1 is 1.15 bits per heavy atom. The Labute approximate surface area is 197 Å². The number of carbonyl (C=O) groups is 2. The highest BCUT2D eigenvalue weighted by molar-refractivity contribution is 6.30. The van der Waals surface area contributed by atoms with Gasteiger partial charge in [0.1, 0.15) is 5.82 Å². The smallest absolute Gasteiger partial charge is 0.338 e. The number of hydrogen-bond donors (Lipinski definition) is 2. The van der Waals surface area contributed by atoms with Crippen LogP contribution >= 0.6 is 11.6 Å². The minimum absolute atomic E-state index is 0.215. The normalized spacial score (nSPS) is 19.2. The van der Waals surface area contributed by atoms with Crippen molar-refractivity contribution < 1.29 is 18.7 Å². The van der Waals surface area contributed by atoms with Crippen LogP contribution in [0.25, 0.3) is 0 Å². The third-order valence-corrected chi connectivity index (χ3v) is 6.01. The van der Waals surface area contributed by atoms with Crippen molar-refractivity contribution in [2.75, 3.05) is 44.2 Å². The maximum absolute atomic E-state index is 14.2. The summed E-state index contributed by atoms with van der Waals surface area (Å²) in [7, 11) is 0. The quantitative estimate of drug-likeness (QED) is 0.630. The van der Waals surface area contributed by atoms with Gasteiger partial charge >= 0.3 is 12.0 Å². The molecule has 0 aliphatic carbocycles. The highest BCUT2D eigenvalue weighted by atomic mass is 35.5. The van der Waals surface area contributed by atoms with E-state index in [0.29, 0.717) is 60.3 Å². The highest BCUT2D eigenvalue weighted by Crippen LogP contribution is 2.30. The van der Waals surface area contributed by atoms with E-state index in [1.54, 1.807) is 37.3 Å².